The predicted octanol–water partition coefficient (Wildman–Crippen LogP) is -2.09. The van der Waals surface area contributed by atoms with Gasteiger partial charge in [0, 0.05) is 21.6 Å². The molecule has 0 saturated carbocycles. The van der Waals surface area contributed by atoms with Crippen molar-refractivity contribution in [1.29, 1.82) is 0 Å². The molecule has 2 unspecified atom stereocenters. The van der Waals surface area contributed by atoms with Gasteiger partial charge in [-0.05, 0) is 11.1 Å². The second-order valence-corrected chi connectivity index (χ2v) is 3.89. The molecule has 2 atom stereocenters. The Balaban J connectivity index is 0. The van der Waals surface area contributed by atoms with Crippen molar-refractivity contribution in [2.45, 2.75) is 19.0 Å². The van der Waals surface area contributed by atoms with Crippen molar-refractivity contribution < 1.29 is 42.5 Å². The molecule has 0 radical (unpaired) electrons. The standard InChI is InChI=1S/C4H8N6O3S.Na/c1-3(7-9-5)4(8-10-6)2-14(11,12)13;/h3-4H,2H2,1H3,(H,11,12,13);/q;+1/p-1. The fourth-order valence-corrected chi connectivity index (χ4v) is 1.47. The summed E-state index contributed by atoms with van der Waals surface area (Å²) in [4.78, 5) is 4.78. The van der Waals surface area contributed by atoms with Crippen molar-refractivity contribution in [3.8, 4) is 0 Å². The van der Waals surface area contributed by atoms with E-state index in [1.54, 1.807) is 0 Å². The van der Waals surface area contributed by atoms with E-state index in [4.69, 9.17) is 11.1 Å². The first-order valence-electron chi connectivity index (χ1n) is 3.42. The van der Waals surface area contributed by atoms with Crippen LogP contribution in [0.25, 0.3) is 20.9 Å². The first kappa shape index (κ1) is 16.9. The largest absolute Gasteiger partial charge is 1.00 e. The third-order valence-corrected chi connectivity index (χ3v) is 2.12. The van der Waals surface area contributed by atoms with E-state index >= 15 is 0 Å². The Morgan fingerprint density at radius 3 is 2.13 bits per heavy atom. The van der Waals surface area contributed by atoms with Gasteiger partial charge < -0.3 is 4.55 Å². The van der Waals surface area contributed by atoms with E-state index in [0.29, 0.717) is 0 Å². The molecule has 0 aliphatic carbocycles. The van der Waals surface area contributed by atoms with Gasteiger partial charge in [0.05, 0.1) is 16.2 Å². The number of rotatable bonds is 5. The Morgan fingerprint density at radius 2 is 1.80 bits per heavy atom. The van der Waals surface area contributed by atoms with E-state index in [1.165, 1.54) is 6.92 Å². The number of azide groups is 2. The molecular formula is C4H7N6NaO3S. The molecule has 0 spiro atoms. The SMILES string of the molecule is CC(N=[N+]=[N-])C(CS(=O)(=O)[O-])N=[N+]=[N-].[Na+]. The monoisotopic (exact) mass is 242 g/mol. The molecule has 0 fully saturated rings. The van der Waals surface area contributed by atoms with Gasteiger partial charge in [0.15, 0.2) is 0 Å². The van der Waals surface area contributed by atoms with E-state index in [9.17, 15) is 13.0 Å². The van der Waals surface area contributed by atoms with Gasteiger partial charge in [-0.15, -0.1) is 0 Å². The fourth-order valence-electron chi connectivity index (χ4n) is 0.703. The summed E-state index contributed by atoms with van der Waals surface area (Å²) in [7, 11) is -4.51. The zero-order valence-corrected chi connectivity index (χ0v) is 11.0. The summed E-state index contributed by atoms with van der Waals surface area (Å²) in [6, 6.07) is -2.04. The molecule has 11 heteroatoms. The average molecular weight is 242 g/mol. The molecule has 0 heterocycles. The van der Waals surface area contributed by atoms with Crippen LogP contribution in [0.15, 0.2) is 10.2 Å². The molecule has 9 nitrogen and oxygen atoms in total. The van der Waals surface area contributed by atoms with Crippen LogP contribution in [0.3, 0.4) is 0 Å². The van der Waals surface area contributed by atoms with Gasteiger partial charge in [-0.2, -0.15) is 0 Å². The average Bonchev–Trinajstić information content (AvgIpc) is 2.01. The van der Waals surface area contributed by atoms with Crippen molar-refractivity contribution >= 4 is 10.1 Å². The zero-order valence-electron chi connectivity index (χ0n) is 8.18. The number of hydrogen-bond acceptors (Lipinski definition) is 5. The Hall–Kier alpha value is -0.470. The minimum absolute atomic E-state index is 0. The minimum Gasteiger partial charge on any atom is -0.748 e. The van der Waals surface area contributed by atoms with E-state index in [2.05, 4.69) is 20.1 Å². The second-order valence-electron chi connectivity index (χ2n) is 2.44. The first-order chi connectivity index (χ1) is 6.40. The molecule has 0 N–H and O–H groups in total. The number of hydrogen-bond donors (Lipinski definition) is 0. The van der Waals surface area contributed by atoms with Crippen LogP contribution in [-0.4, -0.2) is 30.8 Å². The van der Waals surface area contributed by atoms with Gasteiger partial charge >= 0.3 is 29.6 Å². The quantitative estimate of drug-likeness (QED) is 0.178. The molecule has 0 aliphatic rings. The second kappa shape index (κ2) is 7.77. The van der Waals surface area contributed by atoms with Crippen LogP contribution in [-0.2, 0) is 10.1 Å². The van der Waals surface area contributed by atoms with Crippen LogP contribution in [0.2, 0.25) is 0 Å². The molecule has 0 bridgehead atoms. The fraction of sp³-hybridized carbons (Fsp3) is 1.00. The maximum absolute atomic E-state index is 10.4. The van der Waals surface area contributed by atoms with Crippen LogP contribution >= 0.6 is 0 Å². The maximum atomic E-state index is 10.4. The van der Waals surface area contributed by atoms with E-state index < -0.39 is 28.0 Å². The van der Waals surface area contributed by atoms with Gasteiger partial charge in [-0.25, -0.2) is 8.42 Å². The van der Waals surface area contributed by atoms with Crippen LogP contribution in [0.1, 0.15) is 6.92 Å². The van der Waals surface area contributed by atoms with Gasteiger partial charge in [0.1, 0.15) is 0 Å². The van der Waals surface area contributed by atoms with Crippen molar-refractivity contribution in [1.82, 2.24) is 0 Å². The number of nitrogens with zero attached hydrogens (tertiary/aromatic N) is 6. The third-order valence-electron chi connectivity index (χ3n) is 1.37. The van der Waals surface area contributed by atoms with Crippen LogP contribution in [0, 0.1) is 0 Å². The van der Waals surface area contributed by atoms with E-state index in [-0.39, 0.29) is 29.6 Å². The van der Waals surface area contributed by atoms with Crippen molar-refractivity contribution in [3.05, 3.63) is 20.9 Å². The summed E-state index contributed by atoms with van der Waals surface area (Å²) in [5.41, 5.74) is 16.1. The Kier molecular flexibility index (Phi) is 8.78. The van der Waals surface area contributed by atoms with Gasteiger partial charge in [0.2, 0.25) is 0 Å². The van der Waals surface area contributed by atoms with Crippen LogP contribution < -0.4 is 29.6 Å². The Bertz CT molecular complexity index is 383. The van der Waals surface area contributed by atoms with Crippen molar-refractivity contribution in [2.75, 3.05) is 5.75 Å². The van der Waals surface area contributed by atoms with Crippen LogP contribution in [0.5, 0.6) is 0 Å². The summed E-state index contributed by atoms with van der Waals surface area (Å²) < 4.78 is 31.1. The summed E-state index contributed by atoms with van der Waals surface area (Å²) in [6.45, 7) is 1.35. The Morgan fingerprint density at radius 1 is 1.33 bits per heavy atom. The Labute approximate surface area is 108 Å². The molecule has 15 heavy (non-hydrogen) atoms. The van der Waals surface area contributed by atoms with Gasteiger partial charge in [-0.1, -0.05) is 17.2 Å². The molecule has 0 saturated heterocycles. The molecule has 0 aromatic heterocycles. The maximum Gasteiger partial charge on any atom is 1.00 e. The van der Waals surface area contributed by atoms with Gasteiger partial charge in [0.25, 0.3) is 0 Å². The molecule has 0 aromatic carbocycles. The topological polar surface area (TPSA) is 155 Å². The molecule has 0 rings (SSSR count). The molecule has 78 valence electrons. The normalized spacial score (nSPS) is 13.7. The molecule has 0 aliphatic heterocycles. The predicted molar refractivity (Wildman–Crippen MR) is 46.1 cm³/mol. The third kappa shape index (κ3) is 8.52. The minimum atomic E-state index is -4.51. The summed E-state index contributed by atoms with van der Waals surface area (Å²) in [5.74, 6) is -0.878. The van der Waals surface area contributed by atoms with Gasteiger partial charge in [-0.3, -0.25) is 0 Å². The van der Waals surface area contributed by atoms with Crippen molar-refractivity contribution in [3.63, 3.8) is 0 Å². The first-order valence-corrected chi connectivity index (χ1v) is 5.00. The summed E-state index contributed by atoms with van der Waals surface area (Å²) >= 11 is 0. The molecule has 0 amide bonds. The van der Waals surface area contributed by atoms with Crippen molar-refractivity contribution in [2.24, 2.45) is 10.2 Å². The van der Waals surface area contributed by atoms with E-state index in [1.807, 2.05) is 0 Å². The summed E-state index contributed by atoms with van der Waals surface area (Å²) in [6.07, 6.45) is 0. The smallest absolute Gasteiger partial charge is 0.748 e. The van der Waals surface area contributed by atoms with E-state index in [0.717, 1.165) is 0 Å². The molecule has 0 aromatic rings. The summed E-state index contributed by atoms with van der Waals surface area (Å²) in [5, 5.41) is 6.20. The molecular weight excluding hydrogens is 235 g/mol. The zero-order chi connectivity index (χ0) is 11.2. The van der Waals surface area contributed by atoms with Crippen LogP contribution in [0.4, 0.5) is 0 Å².